The van der Waals surface area contributed by atoms with Crippen molar-refractivity contribution in [3.8, 4) is 0 Å². The average molecular weight is 273 g/mol. The highest BCUT2D eigenvalue weighted by Gasteiger charge is 2.38. The third-order valence-electron chi connectivity index (χ3n) is 3.52. The van der Waals surface area contributed by atoms with Crippen LogP contribution in [0, 0.1) is 0 Å². The fourth-order valence-electron chi connectivity index (χ4n) is 2.63. The molecule has 4 nitrogen and oxygen atoms in total. The summed E-state index contributed by atoms with van der Waals surface area (Å²) in [4.78, 5) is 4.47. The average Bonchev–Trinajstić information content (AvgIpc) is 2.70. The smallest absolute Gasteiger partial charge is 0.227 e. The van der Waals surface area contributed by atoms with Gasteiger partial charge in [0.25, 0.3) is 0 Å². The number of nitrogens with zero attached hydrogens (tertiary/aromatic N) is 2. The molecule has 0 atom stereocenters. The van der Waals surface area contributed by atoms with Crippen LogP contribution in [0.1, 0.15) is 57.2 Å². The fraction of sp³-hybridized carbons (Fsp3) is 0.846. The Morgan fingerprint density at radius 1 is 1.28 bits per heavy atom. The SMILES string of the molecule is CCOC1(c2noc(CCCl)n2)CCCCCC1. The summed E-state index contributed by atoms with van der Waals surface area (Å²) in [7, 11) is 0. The van der Waals surface area contributed by atoms with Crippen LogP contribution < -0.4 is 0 Å². The Kier molecular flexibility index (Phi) is 5.01. The molecule has 1 heterocycles. The summed E-state index contributed by atoms with van der Waals surface area (Å²) in [6, 6.07) is 0. The molecule has 0 bridgehead atoms. The van der Waals surface area contributed by atoms with Gasteiger partial charge in [-0.2, -0.15) is 4.98 Å². The molecule has 102 valence electrons. The Labute approximate surface area is 113 Å². The van der Waals surface area contributed by atoms with E-state index in [1.807, 2.05) is 6.92 Å². The van der Waals surface area contributed by atoms with Crippen molar-refractivity contribution in [3.05, 3.63) is 11.7 Å². The Morgan fingerprint density at radius 3 is 2.61 bits per heavy atom. The normalized spacial score (nSPS) is 19.7. The van der Waals surface area contributed by atoms with Gasteiger partial charge in [-0.3, -0.25) is 0 Å². The van der Waals surface area contributed by atoms with E-state index in [0.29, 0.717) is 30.6 Å². The van der Waals surface area contributed by atoms with Gasteiger partial charge in [-0.1, -0.05) is 30.8 Å². The van der Waals surface area contributed by atoms with Gasteiger partial charge in [0.2, 0.25) is 11.7 Å². The van der Waals surface area contributed by atoms with E-state index in [0.717, 1.165) is 12.8 Å². The molecule has 5 heteroatoms. The van der Waals surface area contributed by atoms with Crippen molar-refractivity contribution in [1.82, 2.24) is 10.1 Å². The molecule has 18 heavy (non-hydrogen) atoms. The predicted octanol–water partition coefficient (Wildman–Crippen LogP) is 3.44. The van der Waals surface area contributed by atoms with Crippen molar-refractivity contribution in [3.63, 3.8) is 0 Å². The summed E-state index contributed by atoms with van der Waals surface area (Å²) in [5.41, 5.74) is -0.334. The molecule has 1 fully saturated rings. The number of ether oxygens (including phenoxy) is 1. The summed E-state index contributed by atoms with van der Waals surface area (Å²) in [6.07, 6.45) is 7.46. The summed E-state index contributed by atoms with van der Waals surface area (Å²) >= 11 is 5.69. The first kappa shape index (κ1) is 13.8. The molecule has 1 aromatic heterocycles. The number of hydrogen-bond acceptors (Lipinski definition) is 4. The maximum atomic E-state index is 6.01. The van der Waals surface area contributed by atoms with E-state index in [4.69, 9.17) is 20.9 Å². The van der Waals surface area contributed by atoms with Crippen molar-refractivity contribution in [2.75, 3.05) is 12.5 Å². The molecular formula is C13H21ClN2O2. The van der Waals surface area contributed by atoms with E-state index in [2.05, 4.69) is 10.1 Å². The van der Waals surface area contributed by atoms with Crippen molar-refractivity contribution < 1.29 is 9.26 Å². The predicted molar refractivity (Wildman–Crippen MR) is 69.7 cm³/mol. The van der Waals surface area contributed by atoms with Gasteiger partial charge >= 0.3 is 0 Å². The molecule has 1 aliphatic carbocycles. The molecule has 0 radical (unpaired) electrons. The lowest BCUT2D eigenvalue weighted by atomic mass is 9.93. The van der Waals surface area contributed by atoms with Crippen LogP contribution in [-0.4, -0.2) is 22.6 Å². The van der Waals surface area contributed by atoms with Crippen LogP contribution in [0.3, 0.4) is 0 Å². The van der Waals surface area contributed by atoms with Crippen LogP contribution in [0.4, 0.5) is 0 Å². The van der Waals surface area contributed by atoms with E-state index in [9.17, 15) is 0 Å². The van der Waals surface area contributed by atoms with Gasteiger partial charge in [0.1, 0.15) is 5.60 Å². The lowest BCUT2D eigenvalue weighted by Gasteiger charge is -2.29. The van der Waals surface area contributed by atoms with E-state index in [1.165, 1.54) is 25.7 Å². The first-order chi connectivity index (χ1) is 8.80. The monoisotopic (exact) mass is 272 g/mol. The summed E-state index contributed by atoms with van der Waals surface area (Å²) in [5, 5.41) is 4.12. The first-order valence-electron chi connectivity index (χ1n) is 6.84. The number of hydrogen-bond donors (Lipinski definition) is 0. The highest BCUT2D eigenvalue weighted by atomic mass is 35.5. The second-order valence-electron chi connectivity index (χ2n) is 4.79. The van der Waals surface area contributed by atoms with E-state index < -0.39 is 0 Å². The second-order valence-corrected chi connectivity index (χ2v) is 5.17. The zero-order chi connectivity index (χ0) is 12.8. The van der Waals surface area contributed by atoms with E-state index in [1.54, 1.807) is 0 Å². The Hall–Kier alpha value is -0.610. The van der Waals surface area contributed by atoms with Crippen molar-refractivity contribution in [2.24, 2.45) is 0 Å². The number of aryl methyl sites for hydroxylation is 1. The van der Waals surface area contributed by atoms with Gasteiger partial charge in [0.15, 0.2) is 0 Å². The van der Waals surface area contributed by atoms with E-state index in [-0.39, 0.29) is 5.60 Å². The van der Waals surface area contributed by atoms with Gasteiger partial charge in [-0.15, -0.1) is 11.6 Å². The molecule has 1 saturated carbocycles. The quantitative estimate of drug-likeness (QED) is 0.609. The Bertz CT molecular complexity index is 360. The van der Waals surface area contributed by atoms with Crippen LogP contribution in [0.5, 0.6) is 0 Å². The van der Waals surface area contributed by atoms with Crippen LogP contribution in [0.25, 0.3) is 0 Å². The Morgan fingerprint density at radius 2 is 2.00 bits per heavy atom. The molecule has 0 amide bonds. The zero-order valence-corrected chi connectivity index (χ0v) is 11.7. The molecule has 0 aromatic carbocycles. The molecule has 0 aliphatic heterocycles. The maximum Gasteiger partial charge on any atom is 0.227 e. The highest BCUT2D eigenvalue weighted by Crippen LogP contribution is 2.37. The molecule has 1 aromatic rings. The second kappa shape index (κ2) is 6.53. The molecular weight excluding hydrogens is 252 g/mol. The van der Waals surface area contributed by atoms with Gasteiger partial charge in [0, 0.05) is 18.9 Å². The molecule has 0 unspecified atom stereocenters. The first-order valence-corrected chi connectivity index (χ1v) is 7.37. The van der Waals surface area contributed by atoms with Crippen molar-refractivity contribution in [2.45, 2.75) is 57.5 Å². The van der Waals surface area contributed by atoms with Crippen LogP contribution in [0.15, 0.2) is 4.52 Å². The lowest BCUT2D eigenvalue weighted by Crippen LogP contribution is -2.30. The van der Waals surface area contributed by atoms with Gasteiger partial charge in [-0.25, -0.2) is 0 Å². The summed E-state index contributed by atoms with van der Waals surface area (Å²) < 4.78 is 11.3. The Balaban J connectivity index is 2.20. The van der Waals surface area contributed by atoms with E-state index >= 15 is 0 Å². The minimum Gasteiger partial charge on any atom is -0.367 e. The van der Waals surface area contributed by atoms with Crippen LogP contribution in [0.2, 0.25) is 0 Å². The summed E-state index contributed by atoms with van der Waals surface area (Å²) in [6.45, 7) is 2.70. The minimum absolute atomic E-state index is 0.334. The standard InChI is InChI=1S/C13H21ClN2O2/c1-2-17-13(8-5-3-4-6-9-13)12-15-11(7-10-14)18-16-12/h2-10H2,1H3. The maximum absolute atomic E-state index is 6.01. The fourth-order valence-corrected chi connectivity index (χ4v) is 2.79. The molecule has 0 saturated heterocycles. The molecule has 1 aliphatic rings. The lowest BCUT2D eigenvalue weighted by molar-refractivity contribution is -0.0636. The molecule has 0 spiro atoms. The highest BCUT2D eigenvalue weighted by molar-refractivity contribution is 6.17. The van der Waals surface area contributed by atoms with Gasteiger partial charge in [0.05, 0.1) is 0 Å². The van der Waals surface area contributed by atoms with Crippen LogP contribution in [-0.2, 0) is 16.8 Å². The molecule has 2 rings (SSSR count). The number of rotatable bonds is 5. The number of aromatic nitrogens is 2. The van der Waals surface area contributed by atoms with Crippen molar-refractivity contribution >= 4 is 11.6 Å². The topological polar surface area (TPSA) is 48.2 Å². The largest absolute Gasteiger partial charge is 0.367 e. The molecule has 0 N–H and O–H groups in total. The third kappa shape index (κ3) is 3.04. The third-order valence-corrected chi connectivity index (χ3v) is 3.70. The van der Waals surface area contributed by atoms with Gasteiger partial charge < -0.3 is 9.26 Å². The zero-order valence-electron chi connectivity index (χ0n) is 11.0. The number of alkyl halides is 1. The number of halogens is 1. The van der Waals surface area contributed by atoms with Gasteiger partial charge in [-0.05, 0) is 19.8 Å². The van der Waals surface area contributed by atoms with Crippen LogP contribution >= 0.6 is 11.6 Å². The minimum atomic E-state index is -0.334. The van der Waals surface area contributed by atoms with Crippen molar-refractivity contribution in [1.29, 1.82) is 0 Å². The summed E-state index contributed by atoms with van der Waals surface area (Å²) in [5.74, 6) is 1.83.